The minimum absolute atomic E-state index is 0.0402. The van der Waals surface area contributed by atoms with Gasteiger partial charge < -0.3 is 16.0 Å². The van der Waals surface area contributed by atoms with Gasteiger partial charge in [-0.3, -0.25) is 9.59 Å². The summed E-state index contributed by atoms with van der Waals surface area (Å²) in [5.74, 6) is -0.489. The first kappa shape index (κ1) is 16.5. The lowest BCUT2D eigenvalue weighted by Crippen LogP contribution is -2.31. The molecule has 0 spiro atoms. The molecule has 0 unspecified atom stereocenters. The van der Waals surface area contributed by atoms with Crippen LogP contribution in [-0.2, 0) is 16.1 Å². The highest BCUT2D eigenvalue weighted by Gasteiger charge is 2.07. The van der Waals surface area contributed by atoms with Crippen LogP contribution >= 0.6 is 0 Å². The van der Waals surface area contributed by atoms with Crippen LogP contribution in [0, 0.1) is 6.92 Å². The molecule has 0 radical (unpaired) electrons. The zero-order valence-corrected chi connectivity index (χ0v) is 13.3. The lowest BCUT2D eigenvalue weighted by Gasteiger charge is -2.14. The van der Waals surface area contributed by atoms with Gasteiger partial charge >= 0.3 is 0 Å². The van der Waals surface area contributed by atoms with E-state index in [1.54, 1.807) is 0 Å². The van der Waals surface area contributed by atoms with Crippen LogP contribution < -0.4 is 16.0 Å². The molecule has 2 amide bonds. The van der Waals surface area contributed by atoms with E-state index in [9.17, 15) is 9.59 Å². The van der Waals surface area contributed by atoms with Crippen molar-refractivity contribution < 1.29 is 9.59 Å². The van der Waals surface area contributed by atoms with Crippen LogP contribution in [0.5, 0.6) is 0 Å². The monoisotopic (exact) mass is 311 g/mol. The number of anilines is 2. The molecule has 23 heavy (non-hydrogen) atoms. The quantitative estimate of drug-likeness (QED) is 0.768. The maximum Gasteiger partial charge on any atom is 0.243 e. The zero-order valence-electron chi connectivity index (χ0n) is 13.3. The minimum atomic E-state index is -0.259. The molecular weight excluding hydrogens is 290 g/mol. The molecule has 0 aromatic heterocycles. The van der Waals surface area contributed by atoms with Gasteiger partial charge in [-0.25, -0.2) is 0 Å². The van der Waals surface area contributed by atoms with Crippen molar-refractivity contribution in [2.24, 2.45) is 0 Å². The number of hydrogen-bond acceptors (Lipinski definition) is 3. The average Bonchev–Trinajstić information content (AvgIpc) is 2.53. The summed E-state index contributed by atoms with van der Waals surface area (Å²) in [5.41, 5.74) is 3.95. The lowest BCUT2D eigenvalue weighted by molar-refractivity contribution is -0.122. The van der Waals surface area contributed by atoms with E-state index in [-0.39, 0.29) is 18.4 Å². The molecule has 0 aliphatic carbocycles. The number of hydrogen-bond donors (Lipinski definition) is 3. The maximum absolute atomic E-state index is 11.8. The number of para-hydroxylation sites is 2. The van der Waals surface area contributed by atoms with Gasteiger partial charge in [0.25, 0.3) is 0 Å². The van der Waals surface area contributed by atoms with E-state index >= 15 is 0 Å². The van der Waals surface area contributed by atoms with Gasteiger partial charge in [0.05, 0.1) is 17.9 Å². The molecule has 0 aliphatic heterocycles. The van der Waals surface area contributed by atoms with Gasteiger partial charge in [0.2, 0.25) is 11.8 Å². The summed E-state index contributed by atoms with van der Waals surface area (Å²) in [6, 6.07) is 15.6. The molecule has 0 saturated carbocycles. The van der Waals surface area contributed by atoms with Crippen molar-refractivity contribution in [3.05, 3.63) is 59.7 Å². The molecule has 0 fully saturated rings. The summed E-state index contributed by atoms with van der Waals surface area (Å²) in [7, 11) is 0. The van der Waals surface area contributed by atoms with E-state index < -0.39 is 0 Å². The van der Waals surface area contributed by atoms with Crippen molar-refractivity contribution in [3.8, 4) is 0 Å². The SMILES string of the molecule is CC(=O)NCC(=O)Nc1ccccc1NCc1ccccc1C. The highest BCUT2D eigenvalue weighted by molar-refractivity contribution is 5.96. The molecule has 0 bridgehead atoms. The number of amides is 2. The van der Waals surface area contributed by atoms with E-state index in [0.29, 0.717) is 12.2 Å². The predicted molar refractivity (Wildman–Crippen MR) is 92.3 cm³/mol. The molecule has 5 nitrogen and oxygen atoms in total. The molecule has 0 saturated heterocycles. The smallest absolute Gasteiger partial charge is 0.243 e. The third-order valence-corrected chi connectivity index (χ3v) is 3.43. The first-order valence-electron chi connectivity index (χ1n) is 7.48. The van der Waals surface area contributed by atoms with Crippen LogP contribution in [-0.4, -0.2) is 18.4 Å². The Hall–Kier alpha value is -2.82. The fourth-order valence-corrected chi connectivity index (χ4v) is 2.14. The third kappa shape index (κ3) is 5.14. The number of carbonyl (C=O) groups excluding carboxylic acids is 2. The second kappa shape index (κ2) is 7.98. The Labute approximate surface area is 136 Å². The number of aryl methyl sites for hydroxylation is 1. The van der Waals surface area contributed by atoms with Gasteiger partial charge in [-0.05, 0) is 30.2 Å². The summed E-state index contributed by atoms with van der Waals surface area (Å²) in [5, 5.41) is 8.62. The summed E-state index contributed by atoms with van der Waals surface area (Å²) in [4.78, 5) is 22.7. The van der Waals surface area contributed by atoms with Crippen molar-refractivity contribution in [2.75, 3.05) is 17.2 Å². The van der Waals surface area contributed by atoms with Crippen molar-refractivity contribution in [2.45, 2.75) is 20.4 Å². The van der Waals surface area contributed by atoms with E-state index in [0.717, 1.165) is 5.69 Å². The van der Waals surface area contributed by atoms with Gasteiger partial charge in [0.1, 0.15) is 0 Å². The van der Waals surface area contributed by atoms with E-state index in [1.165, 1.54) is 18.1 Å². The Bertz CT molecular complexity index is 698. The Balaban J connectivity index is 2.01. The molecule has 0 heterocycles. The molecule has 0 atom stereocenters. The van der Waals surface area contributed by atoms with Crippen LogP contribution in [0.15, 0.2) is 48.5 Å². The summed E-state index contributed by atoms with van der Waals surface area (Å²) in [6.07, 6.45) is 0. The second-order valence-electron chi connectivity index (χ2n) is 5.28. The molecule has 3 N–H and O–H groups in total. The Morgan fingerprint density at radius 1 is 0.957 bits per heavy atom. The van der Waals surface area contributed by atoms with Crippen molar-refractivity contribution in [3.63, 3.8) is 0 Å². The van der Waals surface area contributed by atoms with Gasteiger partial charge in [0, 0.05) is 13.5 Å². The Kier molecular flexibility index (Phi) is 5.74. The standard InChI is InChI=1S/C18H21N3O2/c1-13-7-3-4-8-15(13)11-20-16-9-5-6-10-17(16)21-18(23)12-19-14(2)22/h3-10,20H,11-12H2,1-2H3,(H,19,22)(H,21,23). The highest BCUT2D eigenvalue weighted by atomic mass is 16.2. The first-order valence-corrected chi connectivity index (χ1v) is 7.48. The fraction of sp³-hybridized carbons (Fsp3) is 0.222. The molecule has 2 aromatic rings. The van der Waals surface area contributed by atoms with E-state index in [1.807, 2.05) is 36.4 Å². The molecular formula is C18H21N3O2. The minimum Gasteiger partial charge on any atom is -0.379 e. The van der Waals surface area contributed by atoms with Crippen LogP contribution in [0.2, 0.25) is 0 Å². The average molecular weight is 311 g/mol. The molecule has 5 heteroatoms. The number of nitrogens with one attached hydrogen (secondary N) is 3. The van der Waals surface area contributed by atoms with Crippen molar-refractivity contribution in [1.29, 1.82) is 0 Å². The van der Waals surface area contributed by atoms with Crippen LogP contribution in [0.3, 0.4) is 0 Å². The Morgan fingerprint density at radius 2 is 1.61 bits per heavy atom. The maximum atomic E-state index is 11.8. The van der Waals surface area contributed by atoms with E-state index in [4.69, 9.17) is 0 Å². The number of benzene rings is 2. The fourth-order valence-electron chi connectivity index (χ4n) is 2.14. The largest absolute Gasteiger partial charge is 0.379 e. The summed E-state index contributed by atoms with van der Waals surface area (Å²) in [6.45, 7) is 4.08. The zero-order chi connectivity index (χ0) is 16.7. The number of carbonyl (C=O) groups is 2. The van der Waals surface area contributed by atoms with Gasteiger partial charge in [-0.2, -0.15) is 0 Å². The molecule has 0 aliphatic rings. The lowest BCUT2D eigenvalue weighted by atomic mass is 10.1. The van der Waals surface area contributed by atoms with Gasteiger partial charge in [-0.1, -0.05) is 36.4 Å². The van der Waals surface area contributed by atoms with Crippen LogP contribution in [0.4, 0.5) is 11.4 Å². The molecule has 120 valence electrons. The van der Waals surface area contributed by atoms with Gasteiger partial charge in [-0.15, -0.1) is 0 Å². The summed E-state index contributed by atoms with van der Waals surface area (Å²) >= 11 is 0. The van der Waals surface area contributed by atoms with Crippen molar-refractivity contribution >= 4 is 23.2 Å². The first-order chi connectivity index (χ1) is 11.1. The second-order valence-corrected chi connectivity index (χ2v) is 5.28. The predicted octanol–water partition coefficient (Wildman–Crippen LogP) is 2.68. The van der Waals surface area contributed by atoms with E-state index in [2.05, 4.69) is 35.0 Å². The highest BCUT2D eigenvalue weighted by Crippen LogP contribution is 2.22. The molecule has 2 rings (SSSR count). The topological polar surface area (TPSA) is 70.2 Å². The van der Waals surface area contributed by atoms with Crippen LogP contribution in [0.1, 0.15) is 18.1 Å². The van der Waals surface area contributed by atoms with Gasteiger partial charge in [0.15, 0.2) is 0 Å². The normalized spacial score (nSPS) is 10.0. The van der Waals surface area contributed by atoms with Crippen LogP contribution in [0.25, 0.3) is 0 Å². The molecule has 2 aromatic carbocycles. The summed E-state index contributed by atoms with van der Waals surface area (Å²) < 4.78 is 0. The Morgan fingerprint density at radius 3 is 2.30 bits per heavy atom. The third-order valence-electron chi connectivity index (χ3n) is 3.43. The number of rotatable bonds is 6. The van der Waals surface area contributed by atoms with Crippen molar-refractivity contribution in [1.82, 2.24) is 5.32 Å².